The summed E-state index contributed by atoms with van der Waals surface area (Å²) >= 11 is 0. The number of aromatic nitrogens is 4. The van der Waals surface area contributed by atoms with Gasteiger partial charge in [0.1, 0.15) is 5.82 Å². The highest BCUT2D eigenvalue weighted by atomic mass is 16.1. The standard InChI is InChI=1S/C19H23N7O/c1-24-11-13-25(14-12-24)18-8-7-16-21-22-17(26(16)23-18)9-10-20-19(27)15-5-3-2-4-6-15/h2-8H,9-14H2,1H3,(H,20,27). The fourth-order valence-corrected chi connectivity index (χ4v) is 3.16. The first-order valence-electron chi connectivity index (χ1n) is 9.19. The van der Waals surface area contributed by atoms with Gasteiger partial charge in [-0.15, -0.1) is 15.3 Å². The van der Waals surface area contributed by atoms with Gasteiger partial charge in [0.05, 0.1) is 0 Å². The SMILES string of the molecule is CN1CCN(c2ccc3nnc(CCNC(=O)c4ccccc4)n3n2)CC1. The van der Waals surface area contributed by atoms with E-state index in [1.807, 2.05) is 30.3 Å². The van der Waals surface area contributed by atoms with Gasteiger partial charge in [-0.3, -0.25) is 4.79 Å². The number of carbonyl (C=O) groups excluding carboxylic acids is 1. The van der Waals surface area contributed by atoms with Crippen LogP contribution in [-0.2, 0) is 6.42 Å². The third kappa shape index (κ3) is 3.90. The summed E-state index contributed by atoms with van der Waals surface area (Å²) in [7, 11) is 2.13. The summed E-state index contributed by atoms with van der Waals surface area (Å²) in [4.78, 5) is 16.7. The minimum atomic E-state index is -0.0875. The van der Waals surface area contributed by atoms with Crippen LogP contribution in [0.2, 0.25) is 0 Å². The molecule has 0 unspecified atom stereocenters. The van der Waals surface area contributed by atoms with Crippen molar-refractivity contribution in [3.05, 3.63) is 53.9 Å². The largest absolute Gasteiger partial charge is 0.353 e. The zero-order valence-electron chi connectivity index (χ0n) is 15.4. The Morgan fingerprint density at radius 2 is 1.81 bits per heavy atom. The molecule has 1 fully saturated rings. The molecule has 0 radical (unpaired) electrons. The minimum Gasteiger partial charge on any atom is -0.353 e. The number of nitrogens with zero attached hydrogens (tertiary/aromatic N) is 6. The van der Waals surface area contributed by atoms with Crippen LogP contribution in [0.5, 0.6) is 0 Å². The molecule has 8 nitrogen and oxygen atoms in total. The van der Waals surface area contributed by atoms with E-state index < -0.39 is 0 Å². The van der Waals surface area contributed by atoms with Crippen molar-refractivity contribution in [3.63, 3.8) is 0 Å². The van der Waals surface area contributed by atoms with E-state index in [0.29, 0.717) is 18.5 Å². The lowest BCUT2D eigenvalue weighted by atomic mass is 10.2. The third-order valence-corrected chi connectivity index (χ3v) is 4.81. The number of anilines is 1. The molecule has 1 aliphatic rings. The van der Waals surface area contributed by atoms with E-state index >= 15 is 0 Å². The molecule has 3 aromatic rings. The van der Waals surface area contributed by atoms with Crippen LogP contribution in [0.3, 0.4) is 0 Å². The molecule has 1 amide bonds. The Morgan fingerprint density at radius 3 is 2.59 bits per heavy atom. The van der Waals surface area contributed by atoms with Gasteiger partial charge in [0.25, 0.3) is 5.91 Å². The summed E-state index contributed by atoms with van der Waals surface area (Å²) in [6.45, 7) is 4.45. The fraction of sp³-hybridized carbons (Fsp3) is 0.368. The van der Waals surface area contributed by atoms with Gasteiger partial charge in [-0.1, -0.05) is 18.2 Å². The molecule has 4 rings (SSSR count). The van der Waals surface area contributed by atoms with Crippen molar-refractivity contribution >= 4 is 17.4 Å². The smallest absolute Gasteiger partial charge is 0.251 e. The predicted octanol–water partition coefficient (Wildman–Crippen LogP) is 0.849. The van der Waals surface area contributed by atoms with Crippen molar-refractivity contribution in [2.75, 3.05) is 44.7 Å². The maximum Gasteiger partial charge on any atom is 0.251 e. The Hall–Kier alpha value is -3.00. The molecule has 2 aromatic heterocycles. The molecule has 1 saturated heterocycles. The quantitative estimate of drug-likeness (QED) is 0.722. The topological polar surface area (TPSA) is 78.7 Å². The summed E-state index contributed by atoms with van der Waals surface area (Å²) in [6.07, 6.45) is 0.568. The van der Waals surface area contributed by atoms with E-state index in [4.69, 9.17) is 5.10 Å². The Bertz CT molecular complexity index is 916. The monoisotopic (exact) mass is 365 g/mol. The van der Waals surface area contributed by atoms with Crippen LogP contribution in [0.1, 0.15) is 16.2 Å². The fourth-order valence-electron chi connectivity index (χ4n) is 3.16. The van der Waals surface area contributed by atoms with Crippen LogP contribution in [0.25, 0.3) is 5.65 Å². The summed E-state index contributed by atoms with van der Waals surface area (Å²) in [5, 5.41) is 16.1. The summed E-state index contributed by atoms with van der Waals surface area (Å²) < 4.78 is 1.78. The highest BCUT2D eigenvalue weighted by Crippen LogP contribution is 2.14. The Kier molecular flexibility index (Phi) is 4.97. The average molecular weight is 365 g/mol. The molecular formula is C19H23N7O. The van der Waals surface area contributed by atoms with E-state index in [0.717, 1.165) is 43.5 Å². The van der Waals surface area contributed by atoms with Gasteiger partial charge < -0.3 is 15.1 Å². The summed E-state index contributed by atoms with van der Waals surface area (Å²) in [5.74, 6) is 1.59. The van der Waals surface area contributed by atoms with E-state index in [-0.39, 0.29) is 5.91 Å². The van der Waals surface area contributed by atoms with Crippen LogP contribution in [0.15, 0.2) is 42.5 Å². The Balaban J connectivity index is 1.43. The lowest BCUT2D eigenvalue weighted by Crippen LogP contribution is -2.45. The number of hydrogen-bond donors (Lipinski definition) is 1. The second-order valence-electron chi connectivity index (χ2n) is 6.74. The van der Waals surface area contributed by atoms with E-state index in [1.54, 1.807) is 16.6 Å². The molecule has 0 atom stereocenters. The molecule has 27 heavy (non-hydrogen) atoms. The molecule has 3 heterocycles. The maximum absolute atomic E-state index is 12.1. The number of likely N-dealkylation sites (N-methyl/N-ethyl adjacent to an activating group) is 1. The lowest BCUT2D eigenvalue weighted by molar-refractivity contribution is 0.0954. The van der Waals surface area contributed by atoms with Crippen LogP contribution in [0, 0.1) is 0 Å². The molecule has 0 bridgehead atoms. The van der Waals surface area contributed by atoms with Crippen molar-refractivity contribution < 1.29 is 4.79 Å². The van der Waals surface area contributed by atoms with Gasteiger partial charge in [0.2, 0.25) is 0 Å². The van der Waals surface area contributed by atoms with Gasteiger partial charge in [-0.05, 0) is 31.3 Å². The van der Waals surface area contributed by atoms with Crippen molar-refractivity contribution in [3.8, 4) is 0 Å². The molecule has 1 aliphatic heterocycles. The molecule has 1 aromatic carbocycles. The van der Waals surface area contributed by atoms with E-state index in [1.165, 1.54) is 0 Å². The van der Waals surface area contributed by atoms with Gasteiger partial charge >= 0.3 is 0 Å². The molecule has 140 valence electrons. The normalized spacial score (nSPS) is 15.2. The highest BCUT2D eigenvalue weighted by Gasteiger charge is 2.17. The maximum atomic E-state index is 12.1. The van der Waals surface area contributed by atoms with E-state index in [9.17, 15) is 4.79 Å². The number of benzene rings is 1. The number of amides is 1. The highest BCUT2D eigenvalue weighted by molar-refractivity contribution is 5.94. The van der Waals surface area contributed by atoms with E-state index in [2.05, 4.69) is 32.4 Å². The first-order valence-corrected chi connectivity index (χ1v) is 9.19. The second-order valence-corrected chi connectivity index (χ2v) is 6.74. The second kappa shape index (κ2) is 7.71. The first kappa shape index (κ1) is 17.4. The molecule has 8 heteroatoms. The average Bonchev–Trinajstić information content (AvgIpc) is 3.11. The molecule has 0 saturated carbocycles. The number of nitrogens with one attached hydrogen (secondary N) is 1. The predicted molar refractivity (Wildman–Crippen MR) is 103 cm³/mol. The van der Waals surface area contributed by atoms with Crippen LogP contribution < -0.4 is 10.2 Å². The number of hydrogen-bond acceptors (Lipinski definition) is 6. The van der Waals surface area contributed by atoms with Gasteiger partial charge in [-0.25, -0.2) is 0 Å². The zero-order valence-corrected chi connectivity index (χ0v) is 15.4. The Labute approximate surface area is 157 Å². The number of fused-ring (bicyclic) bond motifs is 1. The lowest BCUT2D eigenvalue weighted by Gasteiger charge is -2.33. The van der Waals surface area contributed by atoms with Crippen LogP contribution >= 0.6 is 0 Å². The third-order valence-electron chi connectivity index (χ3n) is 4.81. The summed E-state index contributed by atoms with van der Waals surface area (Å²) in [6, 6.07) is 13.1. The minimum absolute atomic E-state index is 0.0875. The van der Waals surface area contributed by atoms with Crippen molar-refractivity contribution in [2.24, 2.45) is 0 Å². The first-order chi connectivity index (χ1) is 13.2. The van der Waals surface area contributed by atoms with Crippen molar-refractivity contribution in [2.45, 2.75) is 6.42 Å². The molecule has 0 aliphatic carbocycles. The van der Waals surface area contributed by atoms with Crippen LogP contribution in [-0.4, -0.2) is 70.4 Å². The molecule has 1 N–H and O–H groups in total. The van der Waals surface area contributed by atoms with Gasteiger partial charge in [-0.2, -0.15) is 4.52 Å². The van der Waals surface area contributed by atoms with Crippen molar-refractivity contribution in [1.29, 1.82) is 0 Å². The molecular weight excluding hydrogens is 342 g/mol. The van der Waals surface area contributed by atoms with Gasteiger partial charge in [0.15, 0.2) is 11.5 Å². The Morgan fingerprint density at radius 1 is 1.04 bits per heavy atom. The van der Waals surface area contributed by atoms with Gasteiger partial charge in [0, 0.05) is 44.7 Å². The molecule has 0 spiro atoms. The number of rotatable bonds is 5. The number of piperazine rings is 1. The zero-order chi connectivity index (χ0) is 18.6. The van der Waals surface area contributed by atoms with Crippen molar-refractivity contribution in [1.82, 2.24) is 30.0 Å². The number of carbonyl (C=O) groups is 1. The van der Waals surface area contributed by atoms with Crippen LogP contribution in [0.4, 0.5) is 5.82 Å². The summed E-state index contributed by atoms with van der Waals surface area (Å²) in [5.41, 5.74) is 1.37.